The molecule has 2 aromatic carbocycles. The topological polar surface area (TPSA) is 88.2 Å². The van der Waals surface area contributed by atoms with Crippen molar-refractivity contribution in [2.24, 2.45) is 0 Å². The number of nitrogens with zero attached hydrogens (tertiary/aromatic N) is 1. The monoisotopic (exact) mass is 407 g/mol. The minimum atomic E-state index is -3.58. The lowest BCUT2D eigenvalue weighted by atomic mass is 9.94. The fraction of sp³-hybridized carbons (Fsp3) is 0.182. The van der Waals surface area contributed by atoms with Crippen molar-refractivity contribution in [3.63, 3.8) is 0 Å². The minimum absolute atomic E-state index is 0.0265. The zero-order chi connectivity index (χ0) is 20.4. The third-order valence-electron chi connectivity index (χ3n) is 4.95. The average molecular weight is 407 g/mol. The van der Waals surface area contributed by atoms with Crippen LogP contribution in [0.2, 0.25) is 0 Å². The first-order valence-electron chi connectivity index (χ1n) is 9.36. The predicted molar refractivity (Wildman–Crippen MR) is 112 cm³/mol. The molecule has 1 aliphatic heterocycles. The normalized spacial score (nSPS) is 13.6. The Morgan fingerprint density at radius 1 is 1.07 bits per heavy atom. The largest absolute Gasteiger partial charge is 0.310 e. The first kappa shape index (κ1) is 19.3. The molecule has 3 aromatic rings. The van der Waals surface area contributed by atoms with Crippen LogP contribution in [0.3, 0.4) is 0 Å². The molecule has 4 rings (SSSR count). The molecule has 29 heavy (non-hydrogen) atoms. The highest BCUT2D eigenvalue weighted by molar-refractivity contribution is 7.89. The van der Waals surface area contributed by atoms with Crippen LogP contribution in [-0.4, -0.2) is 19.3 Å². The molecule has 1 aromatic heterocycles. The molecule has 1 amide bonds. The number of anilines is 1. The minimum Gasteiger partial charge on any atom is -0.310 e. The Hall–Kier alpha value is -3.03. The van der Waals surface area contributed by atoms with Gasteiger partial charge in [0, 0.05) is 24.7 Å². The molecule has 0 saturated heterocycles. The van der Waals surface area contributed by atoms with Crippen LogP contribution >= 0.6 is 0 Å². The van der Waals surface area contributed by atoms with Gasteiger partial charge in [0.25, 0.3) is 0 Å². The maximum absolute atomic E-state index is 12.5. The Balaban J connectivity index is 1.57. The SMILES string of the molecule is Cc1ccc(S(=O)(=O)NCc2cccc(-c3ccnc4c3CCC(=O)N4)c2)cc1. The number of aryl methyl sites for hydroxylation is 1. The molecule has 148 valence electrons. The summed E-state index contributed by atoms with van der Waals surface area (Å²) in [5, 5.41) is 2.81. The second-order valence-corrected chi connectivity index (χ2v) is 8.84. The molecule has 0 bridgehead atoms. The number of amides is 1. The number of aromatic nitrogens is 1. The standard InChI is InChI=1S/C22H21N3O3S/c1-15-5-7-18(8-6-15)29(27,28)24-14-16-3-2-4-17(13-16)19-11-12-23-22-20(19)9-10-21(26)25-22/h2-8,11-13,24H,9-10,14H2,1H3,(H,23,25,26). The number of nitrogens with one attached hydrogen (secondary N) is 2. The van der Waals surface area contributed by atoms with Crippen molar-refractivity contribution in [3.8, 4) is 11.1 Å². The molecule has 0 unspecified atom stereocenters. The maximum Gasteiger partial charge on any atom is 0.240 e. The van der Waals surface area contributed by atoms with Gasteiger partial charge < -0.3 is 5.32 Å². The Kier molecular flexibility index (Phi) is 5.17. The van der Waals surface area contributed by atoms with E-state index < -0.39 is 10.0 Å². The van der Waals surface area contributed by atoms with E-state index in [-0.39, 0.29) is 17.3 Å². The van der Waals surface area contributed by atoms with Gasteiger partial charge in [-0.05, 0) is 54.3 Å². The predicted octanol–water partition coefficient (Wildman–Crippen LogP) is 3.42. The van der Waals surface area contributed by atoms with E-state index in [0.717, 1.165) is 27.8 Å². The van der Waals surface area contributed by atoms with Crippen molar-refractivity contribution in [2.75, 3.05) is 5.32 Å². The van der Waals surface area contributed by atoms with Gasteiger partial charge in [0.05, 0.1) is 4.90 Å². The maximum atomic E-state index is 12.5. The number of pyridine rings is 1. The summed E-state index contributed by atoms with van der Waals surface area (Å²) in [7, 11) is -3.58. The number of rotatable bonds is 5. The van der Waals surface area contributed by atoms with Gasteiger partial charge in [0.15, 0.2) is 0 Å². The van der Waals surface area contributed by atoms with Gasteiger partial charge in [-0.25, -0.2) is 18.1 Å². The lowest BCUT2D eigenvalue weighted by Gasteiger charge is -2.19. The quantitative estimate of drug-likeness (QED) is 0.678. The third-order valence-corrected chi connectivity index (χ3v) is 6.37. The molecule has 7 heteroatoms. The van der Waals surface area contributed by atoms with Gasteiger partial charge in [0.1, 0.15) is 5.82 Å². The second-order valence-electron chi connectivity index (χ2n) is 7.07. The molecule has 0 radical (unpaired) electrons. The van der Waals surface area contributed by atoms with Crippen LogP contribution < -0.4 is 10.0 Å². The van der Waals surface area contributed by atoms with Crippen LogP contribution in [-0.2, 0) is 27.8 Å². The number of fused-ring (bicyclic) bond motifs is 1. The number of hydrogen-bond donors (Lipinski definition) is 2. The zero-order valence-corrected chi connectivity index (χ0v) is 16.8. The summed E-state index contributed by atoms with van der Waals surface area (Å²) in [6.45, 7) is 2.10. The van der Waals surface area contributed by atoms with Gasteiger partial charge in [-0.1, -0.05) is 35.9 Å². The Bertz CT molecular complexity index is 1170. The molecule has 2 heterocycles. The molecule has 0 saturated carbocycles. The Morgan fingerprint density at radius 2 is 1.86 bits per heavy atom. The van der Waals surface area contributed by atoms with E-state index in [9.17, 15) is 13.2 Å². The summed E-state index contributed by atoms with van der Waals surface area (Å²) in [6.07, 6.45) is 2.74. The number of carbonyl (C=O) groups excluding carboxylic acids is 1. The first-order chi connectivity index (χ1) is 13.9. The third kappa shape index (κ3) is 4.21. The van der Waals surface area contributed by atoms with Gasteiger partial charge >= 0.3 is 0 Å². The van der Waals surface area contributed by atoms with Crippen LogP contribution in [0, 0.1) is 6.92 Å². The van der Waals surface area contributed by atoms with Crippen molar-refractivity contribution in [1.82, 2.24) is 9.71 Å². The highest BCUT2D eigenvalue weighted by Gasteiger charge is 2.20. The molecule has 0 spiro atoms. The summed E-state index contributed by atoms with van der Waals surface area (Å²) in [5.74, 6) is 0.575. The van der Waals surface area contributed by atoms with E-state index in [1.807, 2.05) is 37.3 Å². The van der Waals surface area contributed by atoms with E-state index in [4.69, 9.17) is 0 Å². The van der Waals surface area contributed by atoms with E-state index in [2.05, 4.69) is 15.0 Å². The van der Waals surface area contributed by atoms with Crippen molar-refractivity contribution in [3.05, 3.63) is 77.5 Å². The smallest absolute Gasteiger partial charge is 0.240 e. The summed E-state index contributed by atoms with van der Waals surface area (Å²) in [6, 6.07) is 16.4. The van der Waals surface area contributed by atoms with Crippen LogP contribution in [0.4, 0.5) is 5.82 Å². The van der Waals surface area contributed by atoms with E-state index in [1.54, 1.807) is 30.5 Å². The van der Waals surface area contributed by atoms with Crippen LogP contribution in [0.15, 0.2) is 65.7 Å². The molecule has 2 N–H and O–H groups in total. The summed E-state index contributed by atoms with van der Waals surface area (Å²) in [5.41, 5.74) is 4.83. The average Bonchev–Trinajstić information content (AvgIpc) is 2.72. The molecule has 0 atom stereocenters. The molecule has 0 aliphatic carbocycles. The molecule has 1 aliphatic rings. The number of hydrogen-bond acceptors (Lipinski definition) is 4. The van der Waals surface area contributed by atoms with Crippen LogP contribution in [0.5, 0.6) is 0 Å². The van der Waals surface area contributed by atoms with E-state index in [0.29, 0.717) is 18.7 Å². The molecule has 6 nitrogen and oxygen atoms in total. The van der Waals surface area contributed by atoms with Crippen molar-refractivity contribution >= 4 is 21.7 Å². The highest BCUT2D eigenvalue weighted by Crippen LogP contribution is 2.31. The Labute approximate surface area is 170 Å². The summed E-state index contributed by atoms with van der Waals surface area (Å²) >= 11 is 0. The molecular formula is C22H21N3O3S. The van der Waals surface area contributed by atoms with E-state index >= 15 is 0 Å². The van der Waals surface area contributed by atoms with Gasteiger partial charge in [0.2, 0.25) is 15.9 Å². The molecular weight excluding hydrogens is 386 g/mol. The summed E-state index contributed by atoms with van der Waals surface area (Å²) in [4.78, 5) is 16.1. The first-order valence-corrected chi connectivity index (χ1v) is 10.8. The van der Waals surface area contributed by atoms with Gasteiger partial charge in [-0.2, -0.15) is 0 Å². The van der Waals surface area contributed by atoms with Crippen LogP contribution in [0.1, 0.15) is 23.1 Å². The highest BCUT2D eigenvalue weighted by atomic mass is 32.2. The lowest BCUT2D eigenvalue weighted by Crippen LogP contribution is -2.23. The fourth-order valence-electron chi connectivity index (χ4n) is 3.38. The lowest BCUT2D eigenvalue weighted by molar-refractivity contribution is -0.116. The Morgan fingerprint density at radius 3 is 2.66 bits per heavy atom. The molecule has 0 fully saturated rings. The fourth-order valence-corrected chi connectivity index (χ4v) is 4.40. The number of carbonyl (C=O) groups is 1. The van der Waals surface area contributed by atoms with E-state index in [1.165, 1.54) is 0 Å². The summed E-state index contributed by atoms with van der Waals surface area (Å²) < 4.78 is 27.7. The van der Waals surface area contributed by atoms with Crippen molar-refractivity contribution in [2.45, 2.75) is 31.2 Å². The van der Waals surface area contributed by atoms with Gasteiger partial charge in [-0.3, -0.25) is 4.79 Å². The zero-order valence-electron chi connectivity index (χ0n) is 16.0. The van der Waals surface area contributed by atoms with Crippen LogP contribution in [0.25, 0.3) is 11.1 Å². The van der Waals surface area contributed by atoms with Gasteiger partial charge in [-0.15, -0.1) is 0 Å². The number of benzene rings is 2. The van der Waals surface area contributed by atoms with Crippen molar-refractivity contribution < 1.29 is 13.2 Å². The second kappa shape index (κ2) is 7.77. The van der Waals surface area contributed by atoms with Crippen molar-refractivity contribution in [1.29, 1.82) is 0 Å². The number of sulfonamides is 1.